The monoisotopic (exact) mass is 300 g/mol. The third-order valence-electron chi connectivity index (χ3n) is 2.79. The third kappa shape index (κ3) is 3.75. The Hall–Kier alpha value is -0.980. The zero-order valence-electron chi connectivity index (χ0n) is 11.7. The van der Waals surface area contributed by atoms with Crippen LogP contribution in [0, 0.1) is 12.8 Å². The first-order valence-corrected chi connectivity index (χ1v) is 7.88. The van der Waals surface area contributed by atoms with Crippen LogP contribution in [-0.4, -0.2) is 31.3 Å². The van der Waals surface area contributed by atoms with E-state index >= 15 is 0 Å². The molecule has 4 nitrogen and oxygen atoms in total. The second kappa shape index (κ2) is 5.98. The van der Waals surface area contributed by atoms with Gasteiger partial charge in [-0.1, -0.05) is 32.1 Å². The normalized spacial score (nSPS) is 12.1. The predicted molar refractivity (Wildman–Crippen MR) is 81.7 cm³/mol. The minimum absolute atomic E-state index is 0.271. The van der Waals surface area contributed by atoms with Crippen molar-refractivity contribution >= 4 is 27.2 Å². The Kier molecular flexibility index (Phi) is 5.06. The molecular formula is C13H20N2O2S2. The van der Waals surface area contributed by atoms with Crippen molar-refractivity contribution in [2.75, 3.05) is 13.6 Å². The maximum Gasteiger partial charge on any atom is 0.242 e. The van der Waals surface area contributed by atoms with E-state index in [4.69, 9.17) is 18.0 Å². The topological polar surface area (TPSA) is 63.4 Å². The molecule has 1 aromatic carbocycles. The molecule has 0 aliphatic carbocycles. The van der Waals surface area contributed by atoms with Crippen molar-refractivity contribution in [2.24, 2.45) is 11.7 Å². The predicted octanol–water partition coefficient (Wildman–Crippen LogP) is 1.91. The van der Waals surface area contributed by atoms with Gasteiger partial charge in [0, 0.05) is 19.2 Å². The van der Waals surface area contributed by atoms with Crippen LogP contribution in [0.5, 0.6) is 0 Å². The first-order valence-electron chi connectivity index (χ1n) is 6.03. The molecule has 0 fully saturated rings. The highest BCUT2D eigenvalue weighted by Crippen LogP contribution is 2.19. The van der Waals surface area contributed by atoms with Gasteiger partial charge in [0.05, 0.1) is 4.90 Å². The molecule has 0 amide bonds. The number of benzene rings is 1. The molecule has 0 saturated heterocycles. The zero-order valence-corrected chi connectivity index (χ0v) is 13.3. The lowest BCUT2D eigenvalue weighted by Gasteiger charge is -2.19. The van der Waals surface area contributed by atoms with E-state index in [1.165, 1.54) is 4.31 Å². The molecule has 0 aliphatic heterocycles. The number of hydrogen-bond acceptors (Lipinski definition) is 3. The highest BCUT2D eigenvalue weighted by Gasteiger charge is 2.22. The molecule has 0 spiro atoms. The van der Waals surface area contributed by atoms with E-state index in [0.29, 0.717) is 12.1 Å². The average molecular weight is 300 g/mol. The van der Waals surface area contributed by atoms with Gasteiger partial charge >= 0.3 is 0 Å². The highest BCUT2D eigenvalue weighted by molar-refractivity contribution is 7.89. The molecule has 19 heavy (non-hydrogen) atoms. The number of nitrogens with two attached hydrogens (primary N) is 1. The van der Waals surface area contributed by atoms with Gasteiger partial charge in [0.1, 0.15) is 4.99 Å². The van der Waals surface area contributed by atoms with E-state index in [0.717, 1.165) is 5.56 Å². The maximum atomic E-state index is 12.4. The third-order valence-corrected chi connectivity index (χ3v) is 4.83. The molecule has 1 aromatic rings. The number of hydrogen-bond donors (Lipinski definition) is 1. The fourth-order valence-corrected chi connectivity index (χ4v) is 3.51. The molecule has 0 heterocycles. The van der Waals surface area contributed by atoms with Crippen LogP contribution in [0.25, 0.3) is 0 Å². The molecule has 0 atom stereocenters. The van der Waals surface area contributed by atoms with Crippen molar-refractivity contribution < 1.29 is 8.42 Å². The summed E-state index contributed by atoms with van der Waals surface area (Å²) in [5, 5.41) is 0. The summed E-state index contributed by atoms with van der Waals surface area (Å²) in [5.74, 6) is 0.275. The van der Waals surface area contributed by atoms with Crippen LogP contribution in [0.3, 0.4) is 0 Å². The Morgan fingerprint density at radius 2 is 2.00 bits per heavy atom. The van der Waals surface area contributed by atoms with Crippen molar-refractivity contribution in [1.82, 2.24) is 4.31 Å². The van der Waals surface area contributed by atoms with E-state index in [1.54, 1.807) is 32.2 Å². The summed E-state index contributed by atoms with van der Waals surface area (Å²) in [6, 6.07) is 4.82. The summed E-state index contributed by atoms with van der Waals surface area (Å²) in [5.41, 5.74) is 7.05. The van der Waals surface area contributed by atoms with E-state index in [2.05, 4.69) is 0 Å². The molecular weight excluding hydrogens is 280 g/mol. The Labute approximate surface area is 120 Å². The van der Waals surface area contributed by atoms with Gasteiger partial charge in [0.2, 0.25) is 10.0 Å². The SMILES string of the molecule is Cc1cc(S(=O)(=O)N(C)CC(C)C)ccc1C(N)=S. The van der Waals surface area contributed by atoms with E-state index < -0.39 is 10.0 Å². The number of thiocarbonyl (C=S) groups is 1. The van der Waals surface area contributed by atoms with Crippen molar-refractivity contribution in [3.63, 3.8) is 0 Å². The Morgan fingerprint density at radius 3 is 2.42 bits per heavy atom. The van der Waals surface area contributed by atoms with Gasteiger partial charge in [0.25, 0.3) is 0 Å². The van der Waals surface area contributed by atoms with Crippen LogP contribution in [0.4, 0.5) is 0 Å². The standard InChI is InChI=1S/C13H20N2O2S2/c1-9(2)8-15(4)19(16,17)11-5-6-12(13(14)18)10(3)7-11/h5-7,9H,8H2,1-4H3,(H2,14,18). The van der Waals surface area contributed by atoms with Crippen LogP contribution in [0.15, 0.2) is 23.1 Å². The number of rotatable bonds is 5. The van der Waals surface area contributed by atoms with Crippen molar-refractivity contribution in [3.05, 3.63) is 29.3 Å². The van der Waals surface area contributed by atoms with Crippen molar-refractivity contribution in [3.8, 4) is 0 Å². The molecule has 6 heteroatoms. The molecule has 0 aromatic heterocycles. The molecule has 106 valence electrons. The quantitative estimate of drug-likeness (QED) is 0.844. The van der Waals surface area contributed by atoms with Gasteiger partial charge in [-0.25, -0.2) is 12.7 Å². The van der Waals surface area contributed by atoms with Gasteiger partial charge in [-0.05, 0) is 30.5 Å². The minimum Gasteiger partial charge on any atom is -0.389 e. The number of aryl methyl sites for hydroxylation is 1. The average Bonchev–Trinajstić information content (AvgIpc) is 2.27. The summed E-state index contributed by atoms with van der Waals surface area (Å²) < 4.78 is 26.1. The lowest BCUT2D eigenvalue weighted by Crippen LogP contribution is -2.30. The smallest absolute Gasteiger partial charge is 0.242 e. The molecule has 0 radical (unpaired) electrons. The van der Waals surface area contributed by atoms with Crippen LogP contribution < -0.4 is 5.73 Å². The van der Waals surface area contributed by atoms with E-state index in [9.17, 15) is 8.42 Å². The summed E-state index contributed by atoms with van der Waals surface area (Å²) in [6.07, 6.45) is 0. The van der Waals surface area contributed by atoms with E-state index in [-0.39, 0.29) is 15.8 Å². The van der Waals surface area contributed by atoms with Gasteiger partial charge in [0.15, 0.2) is 0 Å². The first kappa shape index (κ1) is 16.1. The Bertz CT molecular complexity index is 580. The van der Waals surface area contributed by atoms with Gasteiger partial charge in [-0.3, -0.25) is 0 Å². The van der Waals surface area contributed by atoms with Crippen molar-refractivity contribution in [2.45, 2.75) is 25.7 Å². The zero-order chi connectivity index (χ0) is 14.8. The molecule has 2 N–H and O–H groups in total. The lowest BCUT2D eigenvalue weighted by atomic mass is 10.1. The van der Waals surface area contributed by atoms with E-state index in [1.807, 2.05) is 13.8 Å². The maximum absolute atomic E-state index is 12.4. The summed E-state index contributed by atoms with van der Waals surface area (Å²) in [7, 11) is -1.86. The largest absolute Gasteiger partial charge is 0.389 e. The summed E-state index contributed by atoms with van der Waals surface area (Å²) in [6.45, 7) is 6.24. The van der Waals surface area contributed by atoms with Gasteiger partial charge in [-0.15, -0.1) is 0 Å². The Morgan fingerprint density at radius 1 is 1.42 bits per heavy atom. The molecule has 0 saturated carbocycles. The summed E-state index contributed by atoms with van der Waals surface area (Å²) in [4.78, 5) is 0.546. The van der Waals surface area contributed by atoms with Crippen LogP contribution in [-0.2, 0) is 10.0 Å². The van der Waals surface area contributed by atoms with Crippen LogP contribution in [0.1, 0.15) is 25.0 Å². The fraction of sp³-hybridized carbons (Fsp3) is 0.462. The van der Waals surface area contributed by atoms with Crippen molar-refractivity contribution in [1.29, 1.82) is 0 Å². The second-order valence-electron chi connectivity index (χ2n) is 5.02. The molecule has 0 bridgehead atoms. The number of nitrogens with zero attached hydrogens (tertiary/aromatic N) is 1. The highest BCUT2D eigenvalue weighted by atomic mass is 32.2. The second-order valence-corrected chi connectivity index (χ2v) is 7.51. The fourth-order valence-electron chi connectivity index (χ4n) is 1.87. The first-order chi connectivity index (χ1) is 8.66. The number of sulfonamides is 1. The van der Waals surface area contributed by atoms with Gasteiger partial charge < -0.3 is 5.73 Å². The van der Waals surface area contributed by atoms with Crippen LogP contribution in [0.2, 0.25) is 0 Å². The minimum atomic E-state index is -3.45. The molecule has 0 unspecified atom stereocenters. The molecule has 0 aliphatic rings. The lowest BCUT2D eigenvalue weighted by molar-refractivity contribution is 0.417. The Balaban J connectivity index is 3.16. The summed E-state index contributed by atoms with van der Waals surface area (Å²) >= 11 is 4.91. The van der Waals surface area contributed by atoms with Gasteiger partial charge in [-0.2, -0.15) is 0 Å². The van der Waals surface area contributed by atoms with Crippen LogP contribution >= 0.6 is 12.2 Å². The molecule has 1 rings (SSSR count).